The topological polar surface area (TPSA) is 42.4 Å². The predicted molar refractivity (Wildman–Crippen MR) is 71.7 cm³/mol. The van der Waals surface area contributed by atoms with Gasteiger partial charge in [-0.3, -0.25) is 9.78 Å². The summed E-state index contributed by atoms with van der Waals surface area (Å²) in [6, 6.07) is 3.74. The van der Waals surface area contributed by atoms with E-state index in [2.05, 4.69) is 17.1 Å². The van der Waals surface area contributed by atoms with Crippen LogP contribution in [0.4, 0.5) is 0 Å². The zero-order valence-corrected chi connectivity index (χ0v) is 10.9. The fourth-order valence-corrected chi connectivity index (χ4v) is 2.58. The number of likely N-dealkylation sites (tertiary alicyclic amines) is 1. The molecule has 0 N–H and O–H groups in total. The van der Waals surface area contributed by atoms with Crippen molar-refractivity contribution in [2.45, 2.75) is 25.4 Å². The highest BCUT2D eigenvalue weighted by Gasteiger charge is 2.35. The lowest BCUT2D eigenvalue weighted by Crippen LogP contribution is -2.57. The van der Waals surface area contributed by atoms with Crippen molar-refractivity contribution in [1.82, 2.24) is 9.88 Å². The van der Waals surface area contributed by atoms with E-state index in [1.165, 1.54) is 0 Å². The minimum absolute atomic E-state index is 0.118. The Labute approximate surface area is 113 Å². The van der Waals surface area contributed by atoms with Crippen molar-refractivity contribution in [2.75, 3.05) is 13.1 Å². The maximum atomic E-state index is 12.2. The number of ether oxygens (including phenoxy) is 1. The van der Waals surface area contributed by atoms with Crippen molar-refractivity contribution >= 4 is 5.91 Å². The van der Waals surface area contributed by atoms with E-state index in [1.54, 1.807) is 12.4 Å². The second-order valence-corrected chi connectivity index (χ2v) is 5.15. The highest BCUT2D eigenvalue weighted by Crippen LogP contribution is 2.24. The SMILES string of the molecule is O=C([C@@H]1CC=CCC1)N1CC(Oc2cccnc2)C1. The Morgan fingerprint density at radius 2 is 2.26 bits per heavy atom. The van der Waals surface area contributed by atoms with Gasteiger partial charge in [0.1, 0.15) is 11.9 Å². The molecule has 0 spiro atoms. The summed E-state index contributed by atoms with van der Waals surface area (Å²) < 4.78 is 5.75. The van der Waals surface area contributed by atoms with Crippen LogP contribution in [-0.4, -0.2) is 35.0 Å². The summed E-state index contributed by atoms with van der Waals surface area (Å²) >= 11 is 0. The first-order chi connectivity index (χ1) is 9.33. The summed E-state index contributed by atoms with van der Waals surface area (Å²) in [4.78, 5) is 18.1. The van der Waals surface area contributed by atoms with Gasteiger partial charge in [0.25, 0.3) is 0 Å². The molecule has 1 amide bonds. The molecule has 2 heterocycles. The Hall–Kier alpha value is -1.84. The largest absolute Gasteiger partial charge is 0.485 e. The average Bonchev–Trinajstić information content (AvgIpc) is 2.44. The van der Waals surface area contributed by atoms with Gasteiger partial charge in [-0.15, -0.1) is 0 Å². The van der Waals surface area contributed by atoms with Crippen LogP contribution in [0.25, 0.3) is 0 Å². The van der Waals surface area contributed by atoms with Crippen molar-refractivity contribution in [3.63, 3.8) is 0 Å². The van der Waals surface area contributed by atoms with Crippen molar-refractivity contribution in [3.8, 4) is 5.75 Å². The third-order valence-corrected chi connectivity index (χ3v) is 3.72. The van der Waals surface area contributed by atoms with Gasteiger partial charge in [0, 0.05) is 12.1 Å². The van der Waals surface area contributed by atoms with Crippen molar-refractivity contribution in [2.24, 2.45) is 5.92 Å². The highest BCUT2D eigenvalue weighted by molar-refractivity contribution is 5.80. The standard InChI is InChI=1S/C15H18N2O2/c18-15(12-5-2-1-3-6-12)17-10-14(11-17)19-13-7-4-8-16-9-13/h1-2,4,7-9,12,14H,3,5-6,10-11H2/t12-/m1/s1. The van der Waals surface area contributed by atoms with Gasteiger partial charge in [0.05, 0.1) is 19.3 Å². The number of amides is 1. The normalized spacial score (nSPS) is 22.9. The number of rotatable bonds is 3. The molecule has 2 aliphatic rings. The van der Waals surface area contributed by atoms with Gasteiger partial charge in [-0.05, 0) is 31.4 Å². The lowest BCUT2D eigenvalue weighted by atomic mass is 9.92. The molecule has 1 fully saturated rings. The zero-order chi connectivity index (χ0) is 13.1. The third-order valence-electron chi connectivity index (χ3n) is 3.72. The first-order valence-electron chi connectivity index (χ1n) is 6.83. The Bertz CT molecular complexity index is 466. The number of carbonyl (C=O) groups is 1. The minimum Gasteiger partial charge on any atom is -0.485 e. The van der Waals surface area contributed by atoms with Crippen LogP contribution in [-0.2, 0) is 4.79 Å². The highest BCUT2D eigenvalue weighted by atomic mass is 16.5. The van der Waals surface area contributed by atoms with E-state index in [0.29, 0.717) is 13.1 Å². The van der Waals surface area contributed by atoms with E-state index in [-0.39, 0.29) is 17.9 Å². The monoisotopic (exact) mass is 258 g/mol. The van der Waals surface area contributed by atoms with Gasteiger partial charge in [-0.25, -0.2) is 0 Å². The van der Waals surface area contributed by atoms with Crippen molar-refractivity contribution < 1.29 is 9.53 Å². The second-order valence-electron chi connectivity index (χ2n) is 5.15. The summed E-state index contributed by atoms with van der Waals surface area (Å²) in [5, 5.41) is 0. The number of aromatic nitrogens is 1. The molecule has 1 aliphatic heterocycles. The Balaban J connectivity index is 1.47. The quantitative estimate of drug-likeness (QED) is 0.779. The number of hydrogen-bond acceptors (Lipinski definition) is 3. The number of carbonyl (C=O) groups excluding carboxylic acids is 1. The van der Waals surface area contributed by atoms with Crippen LogP contribution < -0.4 is 4.74 Å². The molecule has 100 valence electrons. The number of pyridine rings is 1. The van der Waals surface area contributed by atoms with E-state index >= 15 is 0 Å². The molecule has 1 aliphatic carbocycles. The molecule has 1 aromatic rings. The first kappa shape index (κ1) is 12.2. The van der Waals surface area contributed by atoms with Crippen molar-refractivity contribution in [1.29, 1.82) is 0 Å². The maximum Gasteiger partial charge on any atom is 0.226 e. The summed E-state index contributed by atoms with van der Waals surface area (Å²) in [6.07, 6.45) is 10.7. The van der Waals surface area contributed by atoms with E-state index in [1.807, 2.05) is 17.0 Å². The molecule has 1 atom stereocenters. The molecular weight excluding hydrogens is 240 g/mol. The van der Waals surface area contributed by atoms with Crippen LogP contribution in [0.1, 0.15) is 19.3 Å². The van der Waals surface area contributed by atoms with Gasteiger partial charge in [-0.2, -0.15) is 0 Å². The molecule has 19 heavy (non-hydrogen) atoms. The van der Waals surface area contributed by atoms with Crippen LogP contribution in [0.5, 0.6) is 5.75 Å². The molecule has 1 aromatic heterocycles. The van der Waals surface area contributed by atoms with Crippen molar-refractivity contribution in [3.05, 3.63) is 36.7 Å². The van der Waals surface area contributed by atoms with Gasteiger partial charge in [0.15, 0.2) is 0 Å². The Morgan fingerprint density at radius 3 is 2.95 bits per heavy atom. The summed E-state index contributed by atoms with van der Waals surface area (Å²) in [5.74, 6) is 1.25. The second kappa shape index (κ2) is 5.43. The summed E-state index contributed by atoms with van der Waals surface area (Å²) in [5.41, 5.74) is 0. The molecule has 0 aromatic carbocycles. The molecular formula is C15H18N2O2. The van der Waals surface area contributed by atoms with Gasteiger partial charge in [0.2, 0.25) is 5.91 Å². The van der Waals surface area contributed by atoms with E-state index in [9.17, 15) is 4.79 Å². The van der Waals surface area contributed by atoms with Crippen LogP contribution in [0, 0.1) is 5.92 Å². The first-order valence-corrected chi connectivity index (χ1v) is 6.83. The van der Waals surface area contributed by atoms with Gasteiger partial charge >= 0.3 is 0 Å². The Kier molecular flexibility index (Phi) is 3.49. The molecule has 0 radical (unpaired) electrons. The zero-order valence-electron chi connectivity index (χ0n) is 10.9. The lowest BCUT2D eigenvalue weighted by molar-refractivity contribution is -0.144. The minimum atomic E-state index is 0.118. The van der Waals surface area contributed by atoms with Crippen LogP contribution in [0.3, 0.4) is 0 Å². The summed E-state index contributed by atoms with van der Waals surface area (Å²) in [6.45, 7) is 1.40. The smallest absolute Gasteiger partial charge is 0.226 e. The molecule has 0 unspecified atom stereocenters. The van der Waals surface area contributed by atoms with E-state index in [4.69, 9.17) is 4.74 Å². The fraction of sp³-hybridized carbons (Fsp3) is 0.467. The van der Waals surface area contributed by atoms with Crippen LogP contribution in [0.15, 0.2) is 36.7 Å². The third kappa shape index (κ3) is 2.78. The fourth-order valence-electron chi connectivity index (χ4n) is 2.58. The predicted octanol–water partition coefficient (Wildman–Crippen LogP) is 2.03. The summed E-state index contributed by atoms with van der Waals surface area (Å²) in [7, 11) is 0. The molecule has 0 bridgehead atoms. The number of allylic oxidation sites excluding steroid dienone is 2. The lowest BCUT2D eigenvalue weighted by Gasteiger charge is -2.40. The van der Waals surface area contributed by atoms with Gasteiger partial charge in [-0.1, -0.05) is 12.2 Å². The average molecular weight is 258 g/mol. The number of nitrogens with zero attached hydrogens (tertiary/aromatic N) is 2. The van der Waals surface area contributed by atoms with Crippen LogP contribution >= 0.6 is 0 Å². The molecule has 4 nitrogen and oxygen atoms in total. The van der Waals surface area contributed by atoms with Crippen LogP contribution in [0.2, 0.25) is 0 Å². The molecule has 4 heteroatoms. The molecule has 0 saturated carbocycles. The molecule has 1 saturated heterocycles. The van der Waals surface area contributed by atoms with Gasteiger partial charge < -0.3 is 9.64 Å². The number of hydrogen-bond donors (Lipinski definition) is 0. The molecule has 3 rings (SSSR count). The Morgan fingerprint density at radius 1 is 1.37 bits per heavy atom. The van der Waals surface area contributed by atoms with E-state index in [0.717, 1.165) is 25.0 Å². The van der Waals surface area contributed by atoms with E-state index < -0.39 is 0 Å². The maximum absolute atomic E-state index is 12.2.